The van der Waals surface area contributed by atoms with Crippen LogP contribution in [0.5, 0.6) is 17.2 Å². The molecule has 0 aliphatic heterocycles. The summed E-state index contributed by atoms with van der Waals surface area (Å²) in [5, 5.41) is 11.8. The molecule has 0 saturated carbocycles. The van der Waals surface area contributed by atoms with Gasteiger partial charge in [-0.2, -0.15) is 0 Å². The topological polar surface area (TPSA) is 81.8 Å². The number of phenols is 1. The number of nitrogen functional groups attached to an aromatic ring is 1. The van der Waals surface area contributed by atoms with Crippen molar-refractivity contribution in [1.29, 1.82) is 0 Å². The Kier molecular flexibility index (Phi) is 6.14. The molecular weight excluding hydrogens is 330 g/mol. The van der Waals surface area contributed by atoms with Gasteiger partial charge in [-0.05, 0) is 37.3 Å². The molecule has 1 atom stereocenters. The van der Waals surface area contributed by atoms with E-state index >= 15 is 0 Å². The number of Topliss-reactive ketones (excluding diaryl/α,β-unsaturated/α-hetero) is 1. The van der Waals surface area contributed by atoms with Gasteiger partial charge in [0, 0.05) is 23.3 Å². The minimum absolute atomic E-state index is 0.0284. The van der Waals surface area contributed by atoms with Crippen LogP contribution in [0, 0.1) is 12.8 Å². The molecule has 0 aliphatic rings. The van der Waals surface area contributed by atoms with Crippen molar-refractivity contribution in [1.82, 2.24) is 0 Å². The quantitative estimate of drug-likeness (QED) is 0.409. The lowest BCUT2D eigenvalue weighted by atomic mass is 9.91. The second-order valence-electron chi connectivity index (χ2n) is 6.41. The van der Waals surface area contributed by atoms with Gasteiger partial charge in [0.05, 0.1) is 25.5 Å². The molecule has 0 unspecified atom stereocenters. The molecular formula is C21H27NO4. The number of aromatic hydroxyl groups is 1. The highest BCUT2D eigenvalue weighted by atomic mass is 16.5. The number of benzene rings is 2. The van der Waals surface area contributed by atoms with E-state index in [1.165, 1.54) is 14.2 Å². The van der Waals surface area contributed by atoms with Gasteiger partial charge in [0.15, 0.2) is 5.78 Å². The fraction of sp³-hybridized carbons (Fsp3) is 0.381. The third-order valence-corrected chi connectivity index (χ3v) is 4.83. The lowest BCUT2D eigenvalue weighted by molar-refractivity contribution is 0.0974. The Morgan fingerprint density at radius 3 is 2.58 bits per heavy atom. The molecule has 0 saturated heterocycles. The molecule has 3 N–H and O–H groups in total. The van der Waals surface area contributed by atoms with Crippen LogP contribution in [0.1, 0.15) is 42.1 Å². The summed E-state index contributed by atoms with van der Waals surface area (Å²) in [5.41, 5.74) is 7.32. The molecule has 2 rings (SSSR count). The molecule has 0 aromatic heterocycles. The average molecular weight is 357 g/mol. The first kappa shape index (κ1) is 19.6. The maximum atomic E-state index is 13.0. The zero-order valence-electron chi connectivity index (χ0n) is 15.9. The summed E-state index contributed by atoms with van der Waals surface area (Å²) in [7, 11) is 3.04. The monoisotopic (exact) mass is 357 g/mol. The number of aryl methyl sites for hydroxylation is 1. The summed E-state index contributed by atoms with van der Waals surface area (Å²) in [4.78, 5) is 13.0. The summed E-state index contributed by atoms with van der Waals surface area (Å²) in [6, 6.07) is 3.38. The predicted molar refractivity (Wildman–Crippen MR) is 105 cm³/mol. The lowest BCUT2D eigenvalue weighted by Gasteiger charge is -2.18. The zero-order valence-corrected chi connectivity index (χ0v) is 15.9. The number of anilines is 1. The van der Waals surface area contributed by atoms with Crippen molar-refractivity contribution < 1.29 is 19.4 Å². The number of allylic oxidation sites excluding steroid dienone is 1. The first-order valence-electron chi connectivity index (χ1n) is 8.71. The Morgan fingerprint density at radius 2 is 2.04 bits per heavy atom. The van der Waals surface area contributed by atoms with Crippen LogP contribution in [0.3, 0.4) is 0 Å². The highest BCUT2D eigenvalue weighted by Crippen LogP contribution is 2.44. The number of fused-ring (bicyclic) bond motifs is 1. The average Bonchev–Trinajstić information content (AvgIpc) is 2.63. The van der Waals surface area contributed by atoms with E-state index in [-0.39, 0.29) is 23.0 Å². The Hall–Kier alpha value is -2.69. The first-order chi connectivity index (χ1) is 12.4. The van der Waals surface area contributed by atoms with Crippen LogP contribution in [0.25, 0.3) is 10.8 Å². The third kappa shape index (κ3) is 3.47. The number of phenolic OH excluding ortho intramolecular Hbond substituents is 1. The summed E-state index contributed by atoms with van der Waals surface area (Å²) in [6.07, 6.45) is 3.78. The summed E-state index contributed by atoms with van der Waals surface area (Å²) >= 11 is 0. The minimum Gasteiger partial charge on any atom is -0.507 e. The molecule has 26 heavy (non-hydrogen) atoms. The number of nitrogens with two attached hydrogens (primary N) is 1. The molecule has 0 spiro atoms. The van der Waals surface area contributed by atoms with Gasteiger partial charge < -0.3 is 20.3 Å². The van der Waals surface area contributed by atoms with Crippen molar-refractivity contribution in [2.45, 2.75) is 33.1 Å². The molecule has 5 heteroatoms. The van der Waals surface area contributed by atoms with Crippen molar-refractivity contribution in [2.75, 3.05) is 20.0 Å². The number of methoxy groups -OCH3 is 2. The Balaban J connectivity index is 2.69. The van der Waals surface area contributed by atoms with Crippen LogP contribution >= 0.6 is 0 Å². The van der Waals surface area contributed by atoms with Gasteiger partial charge in [-0.25, -0.2) is 0 Å². The van der Waals surface area contributed by atoms with Crippen molar-refractivity contribution in [3.63, 3.8) is 0 Å². The number of ketones is 1. The largest absolute Gasteiger partial charge is 0.507 e. The minimum atomic E-state index is -0.137. The van der Waals surface area contributed by atoms with Gasteiger partial charge in [0.2, 0.25) is 0 Å². The van der Waals surface area contributed by atoms with Crippen LogP contribution in [-0.2, 0) is 0 Å². The molecule has 0 amide bonds. The van der Waals surface area contributed by atoms with Crippen molar-refractivity contribution >= 4 is 22.2 Å². The fourth-order valence-corrected chi connectivity index (χ4v) is 3.27. The van der Waals surface area contributed by atoms with E-state index < -0.39 is 0 Å². The smallest absolute Gasteiger partial charge is 0.167 e. The zero-order chi connectivity index (χ0) is 19.4. The molecule has 0 heterocycles. The van der Waals surface area contributed by atoms with Crippen molar-refractivity contribution in [3.05, 3.63) is 35.9 Å². The number of carbonyl (C=O) groups is 1. The standard InChI is InChI=1S/C21H27NO4/c1-6-13(7-2)8-9-16(23)19-18-14(10-12(3)20(19)24)21(26-5)15(22)11-17(18)25-4/h6,10-11,13,24H,1,7-9,22H2,2-5H3/t13-/m1/s1. The highest BCUT2D eigenvalue weighted by molar-refractivity contribution is 6.15. The second kappa shape index (κ2) is 8.13. The van der Waals surface area contributed by atoms with E-state index in [0.29, 0.717) is 46.4 Å². The van der Waals surface area contributed by atoms with E-state index in [1.54, 1.807) is 19.1 Å². The van der Waals surface area contributed by atoms with E-state index in [4.69, 9.17) is 15.2 Å². The third-order valence-electron chi connectivity index (χ3n) is 4.83. The number of ether oxygens (including phenoxy) is 2. The SMILES string of the molecule is C=C[C@H](CC)CCC(=O)c1c(O)c(C)cc2c(OC)c(N)cc(OC)c12. The van der Waals surface area contributed by atoms with E-state index in [9.17, 15) is 9.90 Å². The highest BCUT2D eigenvalue weighted by Gasteiger charge is 2.24. The molecule has 5 nitrogen and oxygen atoms in total. The van der Waals surface area contributed by atoms with Crippen molar-refractivity contribution in [3.8, 4) is 17.2 Å². The maximum absolute atomic E-state index is 13.0. The van der Waals surface area contributed by atoms with Gasteiger partial charge in [0.25, 0.3) is 0 Å². The fourth-order valence-electron chi connectivity index (χ4n) is 3.27. The second-order valence-corrected chi connectivity index (χ2v) is 6.41. The van der Waals surface area contributed by atoms with Crippen LogP contribution in [0.15, 0.2) is 24.8 Å². The lowest BCUT2D eigenvalue weighted by Crippen LogP contribution is -2.07. The Labute approximate surface area is 154 Å². The molecule has 0 fully saturated rings. The molecule has 2 aromatic rings. The van der Waals surface area contributed by atoms with Gasteiger partial charge in [-0.1, -0.05) is 13.0 Å². The number of carbonyl (C=O) groups excluding carboxylic acids is 1. The predicted octanol–water partition coefficient (Wildman–Crippen LogP) is 4.63. The summed E-state index contributed by atoms with van der Waals surface area (Å²) < 4.78 is 10.9. The molecule has 0 bridgehead atoms. The normalized spacial score (nSPS) is 12.0. The number of hydrogen-bond donors (Lipinski definition) is 2. The Bertz CT molecular complexity index is 842. The molecule has 0 aliphatic carbocycles. The van der Waals surface area contributed by atoms with Gasteiger partial charge in [-0.15, -0.1) is 6.58 Å². The van der Waals surface area contributed by atoms with Crippen LogP contribution in [-0.4, -0.2) is 25.1 Å². The van der Waals surface area contributed by atoms with Crippen LogP contribution in [0.4, 0.5) is 5.69 Å². The maximum Gasteiger partial charge on any atom is 0.167 e. The van der Waals surface area contributed by atoms with Gasteiger partial charge >= 0.3 is 0 Å². The molecule has 2 aromatic carbocycles. The van der Waals surface area contributed by atoms with Gasteiger partial charge in [0.1, 0.15) is 17.2 Å². The first-order valence-corrected chi connectivity index (χ1v) is 8.71. The number of hydrogen-bond acceptors (Lipinski definition) is 5. The molecule has 0 radical (unpaired) electrons. The van der Waals surface area contributed by atoms with Gasteiger partial charge in [-0.3, -0.25) is 4.79 Å². The van der Waals surface area contributed by atoms with E-state index in [2.05, 4.69) is 13.5 Å². The van der Waals surface area contributed by atoms with E-state index in [0.717, 1.165) is 6.42 Å². The number of rotatable bonds is 8. The molecule has 140 valence electrons. The van der Waals surface area contributed by atoms with Crippen LogP contribution < -0.4 is 15.2 Å². The van der Waals surface area contributed by atoms with Crippen LogP contribution in [0.2, 0.25) is 0 Å². The van der Waals surface area contributed by atoms with Crippen molar-refractivity contribution in [2.24, 2.45) is 5.92 Å². The van der Waals surface area contributed by atoms with E-state index in [1.807, 2.05) is 6.08 Å². The Morgan fingerprint density at radius 1 is 1.35 bits per heavy atom. The summed E-state index contributed by atoms with van der Waals surface area (Å²) in [5.74, 6) is 1.01. The summed E-state index contributed by atoms with van der Waals surface area (Å²) in [6.45, 7) is 7.62.